The molecule has 0 bridgehead atoms. The molecule has 0 saturated heterocycles. The second kappa shape index (κ2) is 9.00. The average Bonchev–Trinajstić information content (AvgIpc) is 3.25. The van der Waals surface area contributed by atoms with Crippen LogP contribution in [-0.4, -0.2) is 23.3 Å². The number of nitrogens with zero attached hydrogens (tertiary/aromatic N) is 2. The molecular formula is C22H24BrClN2O4S. The highest BCUT2D eigenvalue weighted by molar-refractivity contribution is 9.10. The van der Waals surface area contributed by atoms with E-state index in [-0.39, 0.29) is 5.15 Å². The summed E-state index contributed by atoms with van der Waals surface area (Å²) < 4.78 is 18.2. The van der Waals surface area contributed by atoms with Gasteiger partial charge in [0.25, 0.3) is 0 Å². The first-order valence-corrected chi connectivity index (χ1v) is 12.2. The molecule has 0 aliphatic heterocycles. The highest BCUT2D eigenvalue weighted by Crippen LogP contribution is 2.42. The summed E-state index contributed by atoms with van der Waals surface area (Å²) in [6, 6.07) is 5.53. The maximum absolute atomic E-state index is 13.2. The maximum Gasteiger partial charge on any atom is 0.415 e. The molecule has 1 fully saturated rings. The van der Waals surface area contributed by atoms with Crippen LogP contribution in [0.25, 0.3) is 11.1 Å². The molecule has 0 spiro atoms. The zero-order chi connectivity index (χ0) is 22.2. The summed E-state index contributed by atoms with van der Waals surface area (Å²) in [7, 11) is 0. The lowest BCUT2D eigenvalue weighted by atomic mass is 9.86. The van der Waals surface area contributed by atoms with Gasteiger partial charge in [0.15, 0.2) is 5.58 Å². The predicted molar refractivity (Wildman–Crippen MR) is 126 cm³/mol. The molecule has 1 saturated carbocycles. The largest absolute Gasteiger partial charge is 0.464 e. The van der Waals surface area contributed by atoms with Crippen molar-refractivity contribution in [1.82, 2.24) is 4.98 Å². The average molecular weight is 528 g/mol. The minimum Gasteiger partial charge on any atom is -0.464 e. The maximum atomic E-state index is 13.2. The van der Waals surface area contributed by atoms with Crippen LogP contribution in [-0.2, 0) is 11.3 Å². The number of amides is 1. The Hall–Kier alpha value is -1.77. The lowest BCUT2D eigenvalue weighted by Crippen LogP contribution is -2.36. The van der Waals surface area contributed by atoms with Gasteiger partial charge in [-0.05, 0) is 66.9 Å². The van der Waals surface area contributed by atoms with Crippen molar-refractivity contribution in [3.8, 4) is 5.95 Å². The number of rotatable bonds is 6. The summed E-state index contributed by atoms with van der Waals surface area (Å²) in [6.07, 6.45) is 3.08. The number of halogens is 2. The van der Waals surface area contributed by atoms with E-state index < -0.39 is 11.7 Å². The molecule has 1 amide bonds. The van der Waals surface area contributed by atoms with Crippen LogP contribution in [0, 0.1) is 5.92 Å². The highest BCUT2D eigenvalue weighted by Gasteiger charge is 2.29. The Morgan fingerprint density at radius 2 is 2.19 bits per heavy atom. The first-order valence-electron chi connectivity index (χ1n) is 10.2. The van der Waals surface area contributed by atoms with Gasteiger partial charge in [-0.1, -0.05) is 24.1 Å². The van der Waals surface area contributed by atoms with Gasteiger partial charge in [-0.25, -0.2) is 9.78 Å². The van der Waals surface area contributed by atoms with E-state index in [4.69, 9.17) is 25.5 Å². The number of carbonyl (C=O) groups is 1. The van der Waals surface area contributed by atoms with Crippen LogP contribution in [0.3, 0.4) is 0 Å². The third-order valence-corrected chi connectivity index (χ3v) is 6.73. The fourth-order valence-corrected chi connectivity index (χ4v) is 4.59. The van der Waals surface area contributed by atoms with Gasteiger partial charge in [0.05, 0.1) is 18.8 Å². The number of aromatic nitrogens is 1. The quantitative estimate of drug-likeness (QED) is 0.312. The third kappa shape index (κ3) is 5.18. The normalized spacial score (nSPS) is 14.5. The Balaban J connectivity index is 1.74. The van der Waals surface area contributed by atoms with Crippen molar-refractivity contribution in [3.63, 3.8) is 0 Å². The molecule has 0 N–H and O–H groups in total. The third-order valence-electron chi connectivity index (χ3n) is 4.98. The molecule has 1 aliphatic carbocycles. The van der Waals surface area contributed by atoms with Crippen molar-refractivity contribution in [2.75, 3.05) is 11.5 Å². The Bertz CT molecular complexity index is 1070. The molecule has 9 heteroatoms. The van der Waals surface area contributed by atoms with Gasteiger partial charge < -0.3 is 13.9 Å². The zero-order valence-corrected chi connectivity index (χ0v) is 20.8. The molecule has 6 nitrogen and oxygen atoms in total. The fraction of sp³-hybridized carbons (Fsp3) is 0.455. The van der Waals surface area contributed by atoms with E-state index in [1.54, 1.807) is 17.4 Å². The summed E-state index contributed by atoms with van der Waals surface area (Å²) in [6.45, 7) is 6.41. The molecule has 31 heavy (non-hydrogen) atoms. The Labute approximate surface area is 198 Å². The first kappa shape index (κ1) is 22.4. The van der Waals surface area contributed by atoms with Crippen LogP contribution < -0.4 is 9.64 Å². The van der Waals surface area contributed by atoms with Crippen LogP contribution >= 0.6 is 38.9 Å². The van der Waals surface area contributed by atoms with E-state index in [1.165, 1.54) is 24.2 Å². The predicted octanol–water partition coefficient (Wildman–Crippen LogP) is 7.43. The van der Waals surface area contributed by atoms with Crippen molar-refractivity contribution in [2.45, 2.75) is 52.2 Å². The van der Waals surface area contributed by atoms with Crippen molar-refractivity contribution >= 4 is 61.7 Å². The van der Waals surface area contributed by atoms with Gasteiger partial charge in [-0.15, -0.1) is 11.3 Å². The molecule has 0 atom stereocenters. The SMILES string of the molecule is CC(C)(C)OC(=O)N(Cc1cccs1)c1cc(Cl)nc2c(Br)c(OCC3CCC3)oc12. The number of fused-ring (bicyclic) bond motifs is 1. The number of furan rings is 1. The molecular weight excluding hydrogens is 504 g/mol. The highest BCUT2D eigenvalue weighted by atomic mass is 79.9. The molecule has 1 aliphatic rings. The number of anilines is 1. The van der Waals surface area contributed by atoms with Crippen LogP contribution in [0.15, 0.2) is 32.5 Å². The van der Waals surface area contributed by atoms with Crippen LogP contribution in [0.2, 0.25) is 5.15 Å². The molecule has 0 radical (unpaired) electrons. The van der Waals surface area contributed by atoms with E-state index in [0.717, 1.165) is 4.88 Å². The summed E-state index contributed by atoms with van der Waals surface area (Å²) in [5.74, 6) is 0.895. The van der Waals surface area contributed by atoms with Crippen LogP contribution in [0.5, 0.6) is 5.95 Å². The molecule has 0 unspecified atom stereocenters. The van der Waals surface area contributed by atoms with Crippen molar-refractivity contribution in [3.05, 3.63) is 38.1 Å². The van der Waals surface area contributed by atoms with Crippen LogP contribution in [0.1, 0.15) is 44.9 Å². The van der Waals surface area contributed by atoms with Crippen LogP contribution in [0.4, 0.5) is 10.5 Å². The van der Waals surface area contributed by atoms with Crippen molar-refractivity contribution in [1.29, 1.82) is 0 Å². The van der Waals surface area contributed by atoms with Gasteiger partial charge in [0.1, 0.15) is 20.7 Å². The van der Waals surface area contributed by atoms with E-state index >= 15 is 0 Å². The summed E-state index contributed by atoms with van der Waals surface area (Å²) in [4.78, 5) is 20.1. The minimum atomic E-state index is -0.651. The smallest absolute Gasteiger partial charge is 0.415 e. The number of hydrogen-bond donors (Lipinski definition) is 0. The van der Waals surface area contributed by atoms with Crippen molar-refractivity contribution in [2.24, 2.45) is 5.92 Å². The second-order valence-corrected chi connectivity index (χ2v) is 10.8. The van der Waals surface area contributed by atoms with E-state index in [0.29, 0.717) is 46.3 Å². The van der Waals surface area contributed by atoms with Gasteiger partial charge in [0.2, 0.25) is 0 Å². The van der Waals surface area contributed by atoms with E-state index in [9.17, 15) is 4.79 Å². The molecule has 0 aromatic carbocycles. The number of carbonyl (C=O) groups excluding carboxylic acids is 1. The first-order chi connectivity index (χ1) is 14.7. The number of pyridine rings is 1. The minimum absolute atomic E-state index is 0.245. The monoisotopic (exact) mass is 526 g/mol. The molecule has 166 valence electrons. The van der Waals surface area contributed by atoms with Crippen molar-refractivity contribution < 1.29 is 18.7 Å². The Kier molecular flexibility index (Phi) is 6.51. The van der Waals surface area contributed by atoms with Gasteiger partial charge in [-0.3, -0.25) is 4.90 Å². The molecule has 3 aromatic heterocycles. The van der Waals surface area contributed by atoms with Gasteiger partial charge in [-0.2, -0.15) is 0 Å². The topological polar surface area (TPSA) is 64.8 Å². The summed E-state index contributed by atoms with van der Waals surface area (Å²) in [5, 5.41) is 2.21. The number of ether oxygens (including phenoxy) is 2. The zero-order valence-electron chi connectivity index (χ0n) is 17.6. The standard InChI is InChI=1S/C22H24BrClN2O4S/c1-22(2,3)30-21(27)26(11-14-8-5-9-31-14)15-10-16(24)25-18-17(23)20(29-19(15)18)28-12-13-6-4-7-13/h5,8-10,13H,4,6-7,11-12H2,1-3H3. The lowest BCUT2D eigenvalue weighted by molar-refractivity contribution is 0.0577. The Morgan fingerprint density at radius 3 is 2.81 bits per heavy atom. The summed E-state index contributed by atoms with van der Waals surface area (Å²) >= 11 is 11.4. The summed E-state index contributed by atoms with van der Waals surface area (Å²) in [5.41, 5.74) is 0.756. The van der Waals surface area contributed by atoms with Gasteiger partial charge >= 0.3 is 12.0 Å². The number of hydrogen-bond acceptors (Lipinski definition) is 6. The van der Waals surface area contributed by atoms with E-state index in [2.05, 4.69) is 20.9 Å². The van der Waals surface area contributed by atoms with Gasteiger partial charge in [0, 0.05) is 10.9 Å². The second-order valence-electron chi connectivity index (χ2n) is 8.60. The number of thiophene rings is 1. The van der Waals surface area contributed by atoms with E-state index in [1.807, 2.05) is 38.3 Å². The molecule has 3 heterocycles. The molecule has 3 aromatic rings. The Morgan fingerprint density at radius 1 is 1.42 bits per heavy atom. The molecule has 4 rings (SSSR count). The lowest BCUT2D eigenvalue weighted by Gasteiger charge is -2.27. The fourth-order valence-electron chi connectivity index (χ4n) is 3.24.